The van der Waals surface area contributed by atoms with E-state index in [9.17, 15) is 4.79 Å². The van der Waals surface area contributed by atoms with Gasteiger partial charge in [-0.1, -0.05) is 42.7 Å². The van der Waals surface area contributed by atoms with Gasteiger partial charge >= 0.3 is 0 Å². The highest BCUT2D eigenvalue weighted by Gasteiger charge is 2.14. The Morgan fingerprint density at radius 3 is 2.96 bits per heavy atom. The zero-order chi connectivity index (χ0) is 16.8. The molecule has 0 saturated heterocycles. The lowest BCUT2D eigenvalue weighted by Crippen LogP contribution is -2.20. The standard InChI is InChI=1S/C19H19N3O/c1-3-4-5-16-11-22-12-17(18(16)20)9-8-14-10-15(19(21)23)7-6-13(14)2/h3-7,10-11,17H,1,12,20H2,2H3,(H2,21,23)/b5-4-. The quantitative estimate of drug-likeness (QED) is 0.662. The fourth-order valence-electron chi connectivity index (χ4n) is 2.14. The van der Waals surface area contributed by atoms with Gasteiger partial charge in [0.25, 0.3) is 0 Å². The van der Waals surface area contributed by atoms with E-state index in [2.05, 4.69) is 23.4 Å². The summed E-state index contributed by atoms with van der Waals surface area (Å²) in [4.78, 5) is 15.6. The van der Waals surface area contributed by atoms with Crippen LogP contribution in [0.3, 0.4) is 0 Å². The minimum Gasteiger partial charge on any atom is -0.400 e. The Labute approximate surface area is 136 Å². The third-order valence-electron chi connectivity index (χ3n) is 3.54. The van der Waals surface area contributed by atoms with Crippen molar-refractivity contribution in [3.05, 3.63) is 71.0 Å². The van der Waals surface area contributed by atoms with Crippen LogP contribution in [-0.4, -0.2) is 18.7 Å². The van der Waals surface area contributed by atoms with Gasteiger partial charge in [0.1, 0.15) is 0 Å². The lowest BCUT2D eigenvalue weighted by molar-refractivity contribution is 0.100. The van der Waals surface area contributed by atoms with Crippen LogP contribution in [0.4, 0.5) is 0 Å². The molecular weight excluding hydrogens is 286 g/mol. The number of carbonyl (C=O) groups excluding carboxylic acids is 1. The molecule has 1 atom stereocenters. The highest BCUT2D eigenvalue weighted by atomic mass is 16.1. The van der Waals surface area contributed by atoms with Gasteiger partial charge in [-0.3, -0.25) is 9.79 Å². The van der Waals surface area contributed by atoms with Gasteiger partial charge in [0, 0.05) is 28.6 Å². The van der Waals surface area contributed by atoms with Crippen LogP contribution in [0.2, 0.25) is 0 Å². The molecule has 0 aliphatic carbocycles. The van der Waals surface area contributed by atoms with Crippen molar-refractivity contribution < 1.29 is 4.79 Å². The first-order valence-corrected chi connectivity index (χ1v) is 7.23. The molecule has 0 radical (unpaired) electrons. The molecule has 1 unspecified atom stereocenters. The van der Waals surface area contributed by atoms with Crippen LogP contribution in [0.1, 0.15) is 21.5 Å². The molecule has 4 N–H and O–H groups in total. The second-order valence-corrected chi connectivity index (χ2v) is 5.22. The zero-order valence-corrected chi connectivity index (χ0v) is 13.0. The largest absolute Gasteiger partial charge is 0.400 e. The first-order chi connectivity index (χ1) is 11.0. The minimum atomic E-state index is -0.466. The molecule has 1 aliphatic rings. The molecule has 0 saturated carbocycles. The summed E-state index contributed by atoms with van der Waals surface area (Å²) in [6, 6.07) is 5.23. The maximum Gasteiger partial charge on any atom is 0.248 e. The van der Waals surface area contributed by atoms with E-state index in [1.54, 1.807) is 24.4 Å². The van der Waals surface area contributed by atoms with E-state index >= 15 is 0 Å². The molecule has 1 heterocycles. The van der Waals surface area contributed by atoms with Crippen molar-refractivity contribution in [2.24, 2.45) is 22.4 Å². The molecule has 0 spiro atoms. The summed E-state index contributed by atoms with van der Waals surface area (Å²) >= 11 is 0. The Bertz CT molecular complexity index is 789. The molecule has 4 heteroatoms. The third-order valence-corrected chi connectivity index (χ3v) is 3.54. The number of rotatable bonds is 3. The van der Waals surface area contributed by atoms with Crippen LogP contribution < -0.4 is 11.5 Å². The predicted molar refractivity (Wildman–Crippen MR) is 94.0 cm³/mol. The molecule has 1 aromatic carbocycles. The average Bonchev–Trinajstić information content (AvgIpc) is 2.54. The normalized spacial score (nSPS) is 17.0. The van der Waals surface area contributed by atoms with Gasteiger partial charge in [-0.25, -0.2) is 0 Å². The van der Waals surface area contributed by atoms with Gasteiger partial charge in [0.05, 0.1) is 12.5 Å². The third kappa shape index (κ3) is 3.98. The zero-order valence-electron chi connectivity index (χ0n) is 13.0. The number of nitrogens with two attached hydrogens (primary N) is 2. The highest BCUT2D eigenvalue weighted by molar-refractivity contribution is 5.93. The van der Waals surface area contributed by atoms with Gasteiger partial charge in [0.15, 0.2) is 0 Å². The van der Waals surface area contributed by atoms with Gasteiger partial charge < -0.3 is 11.5 Å². The van der Waals surface area contributed by atoms with E-state index in [0.717, 1.165) is 16.7 Å². The van der Waals surface area contributed by atoms with Crippen LogP contribution in [0, 0.1) is 24.7 Å². The summed E-state index contributed by atoms with van der Waals surface area (Å²) in [5.74, 6) is 5.62. The fourth-order valence-corrected chi connectivity index (χ4v) is 2.14. The summed E-state index contributed by atoms with van der Waals surface area (Å²) in [6.07, 6.45) is 7.09. The van der Waals surface area contributed by atoms with E-state index in [-0.39, 0.29) is 5.92 Å². The van der Waals surface area contributed by atoms with Crippen molar-refractivity contribution in [2.45, 2.75) is 6.92 Å². The van der Waals surface area contributed by atoms with Gasteiger partial charge in [0.2, 0.25) is 5.91 Å². The Morgan fingerprint density at radius 2 is 2.26 bits per heavy atom. The predicted octanol–water partition coefficient (Wildman–Crippen LogP) is 2.10. The Kier molecular flexibility index (Phi) is 5.16. The SMILES string of the molecule is C=C/C=C\C1=C(N)C(C#Cc2cc(C(N)=O)ccc2C)CN=C1. The van der Waals surface area contributed by atoms with Crippen molar-refractivity contribution in [3.8, 4) is 11.8 Å². The van der Waals surface area contributed by atoms with E-state index in [1.807, 2.05) is 25.1 Å². The van der Waals surface area contributed by atoms with Gasteiger partial charge in [-0.2, -0.15) is 0 Å². The first-order valence-electron chi connectivity index (χ1n) is 7.23. The van der Waals surface area contributed by atoms with Crippen LogP contribution in [0.5, 0.6) is 0 Å². The molecule has 23 heavy (non-hydrogen) atoms. The average molecular weight is 305 g/mol. The summed E-state index contributed by atoms with van der Waals surface area (Å²) in [7, 11) is 0. The number of amides is 1. The fraction of sp³-hybridized carbons (Fsp3) is 0.158. The van der Waals surface area contributed by atoms with E-state index in [4.69, 9.17) is 11.5 Å². The number of primary amides is 1. The van der Waals surface area contributed by atoms with E-state index < -0.39 is 5.91 Å². The summed E-state index contributed by atoms with van der Waals surface area (Å²) in [6.45, 7) is 6.10. The lowest BCUT2D eigenvalue weighted by Gasteiger charge is -2.15. The Balaban J connectivity index is 2.32. The number of carbonyl (C=O) groups is 1. The second kappa shape index (κ2) is 7.28. The number of aryl methyl sites for hydroxylation is 1. The molecule has 0 fully saturated rings. The Morgan fingerprint density at radius 1 is 1.48 bits per heavy atom. The van der Waals surface area contributed by atoms with E-state index in [1.165, 1.54) is 0 Å². The number of nitrogens with zero attached hydrogens (tertiary/aromatic N) is 1. The first kappa shape index (κ1) is 16.3. The number of allylic oxidation sites excluding steroid dienone is 4. The van der Waals surface area contributed by atoms with Crippen molar-refractivity contribution >= 4 is 12.1 Å². The number of hydrogen-bond acceptors (Lipinski definition) is 3. The molecule has 1 aliphatic heterocycles. The number of aliphatic imine (C=N–C) groups is 1. The van der Waals surface area contributed by atoms with Gasteiger partial charge in [-0.15, -0.1) is 0 Å². The summed E-state index contributed by atoms with van der Waals surface area (Å²) in [5.41, 5.74) is 15.2. The molecule has 0 bridgehead atoms. The summed E-state index contributed by atoms with van der Waals surface area (Å²) < 4.78 is 0. The topological polar surface area (TPSA) is 81.5 Å². The number of dihydropyridines is 1. The maximum atomic E-state index is 11.3. The maximum absolute atomic E-state index is 11.3. The molecule has 1 aromatic rings. The number of hydrogen-bond donors (Lipinski definition) is 2. The van der Waals surface area contributed by atoms with Crippen LogP contribution in [0.15, 0.2) is 59.3 Å². The van der Waals surface area contributed by atoms with Crippen molar-refractivity contribution in [1.82, 2.24) is 0 Å². The highest BCUT2D eigenvalue weighted by Crippen LogP contribution is 2.16. The van der Waals surface area contributed by atoms with Crippen LogP contribution in [0.25, 0.3) is 0 Å². The molecular formula is C19H19N3O. The minimum absolute atomic E-state index is 0.152. The van der Waals surface area contributed by atoms with Crippen molar-refractivity contribution in [3.63, 3.8) is 0 Å². The van der Waals surface area contributed by atoms with Crippen molar-refractivity contribution in [1.29, 1.82) is 0 Å². The molecule has 116 valence electrons. The van der Waals surface area contributed by atoms with Crippen molar-refractivity contribution in [2.75, 3.05) is 6.54 Å². The number of benzene rings is 1. The Hall–Kier alpha value is -3.06. The molecule has 4 nitrogen and oxygen atoms in total. The van der Waals surface area contributed by atoms with E-state index in [0.29, 0.717) is 17.8 Å². The molecule has 1 amide bonds. The smallest absolute Gasteiger partial charge is 0.248 e. The summed E-state index contributed by atoms with van der Waals surface area (Å²) in [5, 5.41) is 0. The molecule has 0 aromatic heterocycles. The lowest BCUT2D eigenvalue weighted by atomic mass is 9.98. The van der Waals surface area contributed by atoms with Crippen LogP contribution >= 0.6 is 0 Å². The molecule has 2 rings (SSSR count). The monoisotopic (exact) mass is 305 g/mol. The van der Waals surface area contributed by atoms with Crippen LogP contribution in [-0.2, 0) is 0 Å². The second-order valence-electron chi connectivity index (χ2n) is 5.22. The van der Waals surface area contributed by atoms with Gasteiger partial charge in [-0.05, 0) is 24.6 Å².